The van der Waals surface area contributed by atoms with E-state index in [0.29, 0.717) is 12.3 Å². The molecule has 0 fully saturated rings. The van der Waals surface area contributed by atoms with E-state index in [9.17, 15) is 4.79 Å². The summed E-state index contributed by atoms with van der Waals surface area (Å²) in [6, 6.07) is 18.0. The molecule has 0 aliphatic rings. The third-order valence-electron chi connectivity index (χ3n) is 3.64. The predicted molar refractivity (Wildman–Crippen MR) is 89.2 cm³/mol. The summed E-state index contributed by atoms with van der Waals surface area (Å²) < 4.78 is 0. The van der Waals surface area contributed by atoms with E-state index in [1.807, 2.05) is 30.3 Å². The highest BCUT2D eigenvalue weighted by Gasteiger charge is 2.06. The first-order valence-electron chi connectivity index (χ1n) is 7.52. The Morgan fingerprint density at radius 3 is 2.00 bits per heavy atom. The summed E-state index contributed by atoms with van der Waals surface area (Å²) in [6.07, 6.45) is 4.48. The Hall–Kier alpha value is -1.60. The number of hydrogen-bond acceptors (Lipinski definition) is 1. The van der Waals surface area contributed by atoms with Gasteiger partial charge in [-0.2, -0.15) is 0 Å². The van der Waals surface area contributed by atoms with Gasteiger partial charge in [0.1, 0.15) is 0 Å². The molecule has 0 heterocycles. The van der Waals surface area contributed by atoms with E-state index in [4.69, 9.17) is 11.6 Å². The highest BCUT2D eigenvalue weighted by Crippen LogP contribution is 2.15. The molecule has 0 atom stereocenters. The van der Waals surface area contributed by atoms with Crippen LogP contribution in [0.5, 0.6) is 0 Å². The highest BCUT2D eigenvalue weighted by atomic mass is 35.5. The quantitative estimate of drug-likeness (QED) is 0.492. The van der Waals surface area contributed by atoms with Gasteiger partial charge < -0.3 is 0 Å². The second-order valence-corrected chi connectivity index (χ2v) is 5.58. The van der Waals surface area contributed by atoms with E-state index in [0.717, 1.165) is 31.2 Å². The average molecular weight is 301 g/mol. The van der Waals surface area contributed by atoms with Gasteiger partial charge in [0.15, 0.2) is 5.78 Å². The van der Waals surface area contributed by atoms with Crippen LogP contribution in [0.4, 0.5) is 0 Å². The molecule has 0 aliphatic heterocycles. The SMILES string of the molecule is O=C(CCCc1ccccc1CCCCl)c1ccccc1. The maximum Gasteiger partial charge on any atom is 0.162 e. The van der Waals surface area contributed by atoms with Gasteiger partial charge in [0, 0.05) is 17.9 Å². The largest absolute Gasteiger partial charge is 0.294 e. The molecule has 110 valence electrons. The fourth-order valence-electron chi connectivity index (χ4n) is 2.51. The zero-order chi connectivity index (χ0) is 14.9. The van der Waals surface area contributed by atoms with Crippen LogP contribution in [0.15, 0.2) is 54.6 Å². The van der Waals surface area contributed by atoms with Crippen molar-refractivity contribution in [3.05, 3.63) is 71.3 Å². The fourth-order valence-corrected chi connectivity index (χ4v) is 2.64. The topological polar surface area (TPSA) is 17.1 Å². The first-order valence-corrected chi connectivity index (χ1v) is 8.05. The minimum Gasteiger partial charge on any atom is -0.294 e. The average Bonchev–Trinajstić information content (AvgIpc) is 2.54. The van der Waals surface area contributed by atoms with Gasteiger partial charge in [0.25, 0.3) is 0 Å². The lowest BCUT2D eigenvalue weighted by Gasteiger charge is -2.08. The van der Waals surface area contributed by atoms with Crippen LogP contribution in [0.3, 0.4) is 0 Å². The van der Waals surface area contributed by atoms with Crippen molar-refractivity contribution >= 4 is 17.4 Å². The van der Waals surface area contributed by atoms with Crippen molar-refractivity contribution in [2.24, 2.45) is 0 Å². The standard InChI is InChI=1S/C19H21ClO/c20-15-7-13-17-9-5-4-8-16(17)12-6-14-19(21)18-10-2-1-3-11-18/h1-5,8-11H,6-7,12-15H2. The fraction of sp³-hybridized carbons (Fsp3) is 0.316. The van der Waals surface area contributed by atoms with E-state index >= 15 is 0 Å². The minimum absolute atomic E-state index is 0.230. The summed E-state index contributed by atoms with van der Waals surface area (Å²) in [5.41, 5.74) is 3.53. The number of rotatable bonds is 8. The van der Waals surface area contributed by atoms with Gasteiger partial charge in [-0.3, -0.25) is 4.79 Å². The molecule has 2 heteroatoms. The molecule has 0 N–H and O–H groups in total. The number of ketones is 1. The number of benzene rings is 2. The number of carbonyl (C=O) groups is 1. The maximum absolute atomic E-state index is 12.1. The molecule has 0 saturated carbocycles. The number of alkyl halides is 1. The van der Waals surface area contributed by atoms with E-state index < -0.39 is 0 Å². The predicted octanol–water partition coefficient (Wildman–Crippen LogP) is 5.06. The van der Waals surface area contributed by atoms with E-state index in [-0.39, 0.29) is 5.78 Å². The van der Waals surface area contributed by atoms with Gasteiger partial charge in [-0.05, 0) is 36.8 Å². The first-order chi connectivity index (χ1) is 10.3. The van der Waals surface area contributed by atoms with Crippen LogP contribution in [0.25, 0.3) is 0 Å². The van der Waals surface area contributed by atoms with Crippen molar-refractivity contribution < 1.29 is 4.79 Å². The molecule has 0 spiro atoms. The Morgan fingerprint density at radius 2 is 1.38 bits per heavy atom. The maximum atomic E-state index is 12.1. The molecule has 2 rings (SSSR count). The van der Waals surface area contributed by atoms with Gasteiger partial charge >= 0.3 is 0 Å². The Morgan fingerprint density at radius 1 is 0.810 bits per heavy atom. The number of hydrogen-bond donors (Lipinski definition) is 0. The molecule has 0 aromatic heterocycles. The summed E-state index contributed by atoms with van der Waals surface area (Å²) >= 11 is 5.77. The highest BCUT2D eigenvalue weighted by molar-refractivity contribution is 6.17. The lowest BCUT2D eigenvalue weighted by atomic mass is 9.97. The van der Waals surface area contributed by atoms with Gasteiger partial charge in [-0.25, -0.2) is 0 Å². The summed E-state index contributed by atoms with van der Waals surface area (Å²) in [6.45, 7) is 0. The Balaban J connectivity index is 1.87. The summed E-state index contributed by atoms with van der Waals surface area (Å²) in [7, 11) is 0. The molecule has 2 aromatic carbocycles. The van der Waals surface area contributed by atoms with Crippen molar-refractivity contribution in [2.75, 3.05) is 5.88 Å². The summed E-state index contributed by atoms with van der Waals surface area (Å²) in [5.74, 6) is 0.926. The number of carbonyl (C=O) groups excluding carboxylic acids is 1. The molecule has 0 bridgehead atoms. The normalized spacial score (nSPS) is 10.5. The van der Waals surface area contributed by atoms with Crippen molar-refractivity contribution in [2.45, 2.75) is 32.1 Å². The zero-order valence-corrected chi connectivity index (χ0v) is 13.0. The van der Waals surface area contributed by atoms with Gasteiger partial charge in [-0.1, -0.05) is 54.6 Å². The Kier molecular flexibility index (Phi) is 6.49. The van der Waals surface area contributed by atoms with Crippen molar-refractivity contribution in [1.82, 2.24) is 0 Å². The smallest absolute Gasteiger partial charge is 0.162 e. The molecule has 21 heavy (non-hydrogen) atoms. The lowest BCUT2D eigenvalue weighted by molar-refractivity contribution is 0.0980. The second kappa shape index (κ2) is 8.63. The summed E-state index contributed by atoms with van der Waals surface area (Å²) in [5, 5.41) is 0. The van der Waals surface area contributed by atoms with Crippen LogP contribution >= 0.6 is 11.6 Å². The molecule has 0 unspecified atom stereocenters. The van der Waals surface area contributed by atoms with Crippen LogP contribution < -0.4 is 0 Å². The molecule has 2 aromatic rings. The van der Waals surface area contributed by atoms with Gasteiger partial charge in [0.2, 0.25) is 0 Å². The number of halogens is 1. The van der Waals surface area contributed by atoms with Crippen molar-refractivity contribution in [1.29, 1.82) is 0 Å². The Bertz CT molecular complexity index is 563. The van der Waals surface area contributed by atoms with Crippen LogP contribution in [0.2, 0.25) is 0 Å². The zero-order valence-electron chi connectivity index (χ0n) is 12.2. The van der Waals surface area contributed by atoms with E-state index in [2.05, 4.69) is 24.3 Å². The monoisotopic (exact) mass is 300 g/mol. The first kappa shape index (κ1) is 15.8. The lowest BCUT2D eigenvalue weighted by Crippen LogP contribution is -2.01. The molecule has 0 radical (unpaired) electrons. The van der Waals surface area contributed by atoms with Gasteiger partial charge in [-0.15, -0.1) is 11.6 Å². The second-order valence-electron chi connectivity index (χ2n) is 5.20. The third kappa shape index (κ3) is 5.02. The number of aryl methyl sites for hydroxylation is 2. The van der Waals surface area contributed by atoms with Crippen LogP contribution in [-0.2, 0) is 12.8 Å². The van der Waals surface area contributed by atoms with Crippen LogP contribution in [-0.4, -0.2) is 11.7 Å². The molecule has 0 amide bonds. The molecule has 0 aliphatic carbocycles. The molecular formula is C19H21ClO. The molecule has 0 saturated heterocycles. The van der Waals surface area contributed by atoms with E-state index in [1.165, 1.54) is 11.1 Å². The third-order valence-corrected chi connectivity index (χ3v) is 3.91. The Labute approximate surface area is 132 Å². The number of Topliss-reactive ketones (excluding diaryl/α,β-unsaturated/α-hetero) is 1. The molecular weight excluding hydrogens is 280 g/mol. The van der Waals surface area contributed by atoms with E-state index in [1.54, 1.807) is 0 Å². The van der Waals surface area contributed by atoms with Crippen LogP contribution in [0.1, 0.15) is 40.7 Å². The minimum atomic E-state index is 0.230. The van der Waals surface area contributed by atoms with Crippen molar-refractivity contribution in [3.63, 3.8) is 0 Å². The van der Waals surface area contributed by atoms with Crippen molar-refractivity contribution in [3.8, 4) is 0 Å². The summed E-state index contributed by atoms with van der Waals surface area (Å²) in [4.78, 5) is 12.1. The van der Waals surface area contributed by atoms with Gasteiger partial charge in [0.05, 0.1) is 0 Å². The molecule has 1 nitrogen and oxygen atoms in total. The van der Waals surface area contributed by atoms with Crippen LogP contribution in [0, 0.1) is 0 Å².